The number of hydrogen-bond donors (Lipinski definition) is 1. The third kappa shape index (κ3) is 6.07. The predicted molar refractivity (Wildman–Crippen MR) is 183 cm³/mol. The van der Waals surface area contributed by atoms with Crippen molar-refractivity contribution < 1.29 is 33.6 Å². The van der Waals surface area contributed by atoms with Gasteiger partial charge in [0.25, 0.3) is 5.69 Å². The quantitative estimate of drug-likeness (QED) is 0.0730. The highest BCUT2D eigenvalue weighted by Gasteiger charge is 2.44. The lowest BCUT2D eigenvalue weighted by molar-refractivity contribution is -0.384. The van der Waals surface area contributed by atoms with Gasteiger partial charge in [0, 0.05) is 40.3 Å². The lowest BCUT2D eigenvalue weighted by Gasteiger charge is -2.32. The monoisotopic (exact) mass is 654 g/mol. The third-order valence-electron chi connectivity index (χ3n) is 8.32. The molecule has 5 aromatic rings. The first-order chi connectivity index (χ1) is 23.7. The molecule has 1 heterocycles. The highest BCUT2D eigenvalue weighted by molar-refractivity contribution is 6.25. The summed E-state index contributed by atoms with van der Waals surface area (Å²) in [7, 11) is 0. The van der Waals surface area contributed by atoms with Crippen LogP contribution >= 0.6 is 0 Å². The van der Waals surface area contributed by atoms with Crippen LogP contribution in [0.25, 0.3) is 21.5 Å². The van der Waals surface area contributed by atoms with Crippen LogP contribution in [0.2, 0.25) is 0 Å². The normalized spacial score (nSPS) is 13.3. The zero-order chi connectivity index (χ0) is 34.7. The maximum Gasteiger partial charge on any atom is 0.355 e. The number of allylic oxidation sites excluding steroid dienone is 2. The largest absolute Gasteiger partial charge is 0.461 e. The Balaban J connectivity index is 1.69. The van der Waals surface area contributed by atoms with Crippen molar-refractivity contribution in [1.29, 1.82) is 0 Å². The number of nitro benzene ring substituents is 1. The molecule has 1 N–H and O–H groups in total. The van der Waals surface area contributed by atoms with Crippen molar-refractivity contribution in [1.82, 2.24) is 5.32 Å². The first-order valence-electron chi connectivity index (χ1n) is 15.6. The number of hydrogen-bond acceptors (Lipinski definition) is 9. The van der Waals surface area contributed by atoms with E-state index in [1.165, 1.54) is 24.3 Å². The fraction of sp³-hybridized carbons (Fsp3) is 0.128. The van der Waals surface area contributed by atoms with Gasteiger partial charge in [-0.3, -0.25) is 19.7 Å². The minimum Gasteiger partial charge on any atom is -0.461 e. The molecule has 0 aliphatic carbocycles. The van der Waals surface area contributed by atoms with Gasteiger partial charge in [0.2, 0.25) is 0 Å². The summed E-state index contributed by atoms with van der Waals surface area (Å²) >= 11 is 0. The van der Waals surface area contributed by atoms with Crippen LogP contribution in [0.1, 0.15) is 46.0 Å². The number of carbonyl (C=O) groups excluding carboxylic acids is 4. The Bertz CT molecular complexity index is 2090. The maximum absolute atomic E-state index is 14.9. The number of nitrogens with one attached hydrogen (secondary N) is 1. The van der Waals surface area contributed by atoms with Crippen LogP contribution in [0.3, 0.4) is 0 Å². The Morgan fingerprint density at radius 2 is 1.06 bits per heavy atom. The highest BCUT2D eigenvalue weighted by atomic mass is 16.6. The molecule has 49 heavy (non-hydrogen) atoms. The lowest BCUT2D eigenvalue weighted by Crippen LogP contribution is -2.39. The summed E-state index contributed by atoms with van der Waals surface area (Å²) in [4.78, 5) is 68.4. The van der Waals surface area contributed by atoms with Crippen molar-refractivity contribution in [3.8, 4) is 0 Å². The first-order valence-corrected chi connectivity index (χ1v) is 15.6. The highest BCUT2D eigenvalue weighted by Crippen LogP contribution is 2.43. The number of ether oxygens (including phenoxy) is 2. The minimum atomic E-state index is -1.36. The van der Waals surface area contributed by atoms with E-state index in [2.05, 4.69) is 5.32 Å². The van der Waals surface area contributed by atoms with Gasteiger partial charge in [-0.1, -0.05) is 97.1 Å². The van der Waals surface area contributed by atoms with E-state index in [1.54, 1.807) is 62.4 Å². The first kappa shape index (κ1) is 32.5. The number of benzene rings is 5. The van der Waals surface area contributed by atoms with E-state index in [4.69, 9.17) is 9.47 Å². The minimum absolute atomic E-state index is 0.0534. The second-order valence-electron chi connectivity index (χ2n) is 11.1. The molecule has 1 aliphatic heterocycles. The van der Waals surface area contributed by atoms with Crippen molar-refractivity contribution in [3.63, 3.8) is 0 Å². The van der Waals surface area contributed by atoms with Crippen molar-refractivity contribution >= 4 is 50.7 Å². The Morgan fingerprint density at radius 1 is 0.633 bits per heavy atom. The SMILES string of the molecule is CCOC(=O)C1=C(C(=O)c2cccc3ccccc23)C(c2ccc([N+](=O)[O-])cc2)C(C(=O)c2cccc3ccccc23)=C(C(=O)OCC)N1. The van der Waals surface area contributed by atoms with E-state index < -0.39 is 34.3 Å². The van der Waals surface area contributed by atoms with Gasteiger partial charge in [0.15, 0.2) is 11.6 Å². The number of Topliss-reactive ketones (excluding diaryl/α,β-unsaturated/α-hetero) is 2. The molecule has 0 spiro atoms. The van der Waals surface area contributed by atoms with Crippen LogP contribution in [0.15, 0.2) is 132 Å². The average molecular weight is 655 g/mol. The van der Waals surface area contributed by atoms with Gasteiger partial charge >= 0.3 is 11.9 Å². The van der Waals surface area contributed by atoms with Gasteiger partial charge in [0.1, 0.15) is 11.4 Å². The number of rotatable bonds is 10. The third-order valence-corrected chi connectivity index (χ3v) is 8.32. The zero-order valence-electron chi connectivity index (χ0n) is 26.6. The van der Waals surface area contributed by atoms with Crippen LogP contribution < -0.4 is 5.32 Å². The molecule has 0 saturated heterocycles. The number of ketones is 2. The molecule has 0 fully saturated rings. The number of non-ortho nitro benzene ring substituents is 1. The van der Waals surface area contributed by atoms with Crippen LogP contribution in [0, 0.1) is 10.1 Å². The molecule has 0 atom stereocenters. The molecule has 244 valence electrons. The molecule has 10 nitrogen and oxygen atoms in total. The Morgan fingerprint density at radius 3 is 1.49 bits per heavy atom. The van der Waals surface area contributed by atoms with Gasteiger partial charge in [0.05, 0.1) is 18.1 Å². The Kier molecular flexibility index (Phi) is 9.12. The number of dihydropyridines is 1. The van der Waals surface area contributed by atoms with Gasteiger partial charge in [-0.2, -0.15) is 0 Å². The molecule has 0 radical (unpaired) electrons. The summed E-state index contributed by atoms with van der Waals surface area (Å²) in [6.45, 7) is 3.09. The topological polar surface area (TPSA) is 142 Å². The van der Waals surface area contributed by atoms with E-state index in [0.29, 0.717) is 10.8 Å². The molecule has 0 aromatic heterocycles. The molecule has 1 aliphatic rings. The van der Waals surface area contributed by atoms with E-state index in [0.717, 1.165) is 10.8 Å². The van der Waals surface area contributed by atoms with Gasteiger partial charge in [-0.25, -0.2) is 9.59 Å². The predicted octanol–water partition coefficient (Wildman–Crippen LogP) is 6.99. The second kappa shape index (κ2) is 13.7. The summed E-state index contributed by atoms with van der Waals surface area (Å²) in [6, 6.07) is 30.1. The van der Waals surface area contributed by atoms with Gasteiger partial charge in [-0.15, -0.1) is 0 Å². The zero-order valence-corrected chi connectivity index (χ0v) is 26.6. The molecular weight excluding hydrogens is 624 g/mol. The molecule has 6 rings (SSSR count). The van der Waals surface area contributed by atoms with Crippen molar-refractivity contribution in [2.45, 2.75) is 19.8 Å². The summed E-state index contributed by atoms with van der Waals surface area (Å²) in [5.41, 5.74) is -0.532. The molecule has 10 heteroatoms. The lowest BCUT2D eigenvalue weighted by atomic mass is 9.74. The van der Waals surface area contributed by atoms with Crippen LogP contribution in [0.5, 0.6) is 0 Å². The number of nitrogens with zero attached hydrogens (tertiary/aromatic N) is 1. The summed E-state index contributed by atoms with van der Waals surface area (Å²) < 4.78 is 10.8. The number of esters is 2. The number of fused-ring (bicyclic) bond motifs is 2. The average Bonchev–Trinajstić information content (AvgIpc) is 3.13. The molecule has 0 bridgehead atoms. The standard InChI is InChI=1S/C39H30N2O8/c1-3-48-38(44)34-32(36(42)29-17-9-13-23-11-5-7-15-27(23)29)31(25-19-21-26(22-20-25)41(46)47)33(35(40-34)39(45)49-4-2)37(43)30-18-10-14-24-12-6-8-16-28(24)30/h5-22,31,40H,3-4H2,1-2H3. The molecule has 0 unspecified atom stereocenters. The maximum atomic E-state index is 14.9. The molecule has 5 aromatic carbocycles. The van der Waals surface area contributed by atoms with Crippen LogP contribution in [-0.2, 0) is 19.1 Å². The van der Waals surface area contributed by atoms with E-state index >= 15 is 0 Å². The van der Waals surface area contributed by atoms with Gasteiger partial charge in [-0.05, 0) is 41.0 Å². The summed E-state index contributed by atoms with van der Waals surface area (Å²) in [6.07, 6.45) is 0. The van der Waals surface area contributed by atoms with Crippen molar-refractivity contribution in [2.75, 3.05) is 13.2 Å². The van der Waals surface area contributed by atoms with Crippen molar-refractivity contribution in [2.24, 2.45) is 0 Å². The van der Waals surface area contributed by atoms with E-state index in [-0.39, 0.29) is 58.1 Å². The second-order valence-corrected chi connectivity index (χ2v) is 11.1. The Labute approximate surface area is 280 Å². The van der Waals surface area contributed by atoms with Crippen LogP contribution in [-0.4, -0.2) is 41.6 Å². The fourth-order valence-corrected chi connectivity index (χ4v) is 6.17. The molecule has 0 saturated carbocycles. The summed E-state index contributed by atoms with van der Waals surface area (Å²) in [5.74, 6) is -4.45. The molecule has 0 amide bonds. The van der Waals surface area contributed by atoms with E-state index in [1.807, 2.05) is 36.4 Å². The molecular formula is C39H30N2O8. The van der Waals surface area contributed by atoms with E-state index in [9.17, 15) is 29.3 Å². The van der Waals surface area contributed by atoms with Gasteiger partial charge < -0.3 is 14.8 Å². The smallest absolute Gasteiger partial charge is 0.355 e. The number of carbonyl (C=O) groups is 4. The Hall–Kier alpha value is -6.42. The van der Waals surface area contributed by atoms with Crippen LogP contribution in [0.4, 0.5) is 5.69 Å². The van der Waals surface area contributed by atoms with Crippen molar-refractivity contribution in [3.05, 3.63) is 159 Å². The summed E-state index contributed by atoms with van der Waals surface area (Å²) in [5, 5.41) is 17.1. The number of nitro groups is 1. The fourth-order valence-electron chi connectivity index (χ4n) is 6.17.